The van der Waals surface area contributed by atoms with Crippen LogP contribution in [0, 0.1) is 0 Å². The molecule has 1 unspecified atom stereocenters. The number of rotatable bonds is 10. The second-order valence-electron chi connectivity index (χ2n) is 4.06. The molecule has 0 fully saturated rings. The van der Waals surface area contributed by atoms with Crippen molar-refractivity contribution in [1.29, 1.82) is 0 Å². The lowest BCUT2D eigenvalue weighted by atomic mass is 10.1. The van der Waals surface area contributed by atoms with Crippen LogP contribution in [0.2, 0.25) is 0 Å². The Morgan fingerprint density at radius 2 is 1.88 bits per heavy atom. The average Bonchev–Trinajstić information content (AvgIpc) is 2.26. The van der Waals surface area contributed by atoms with Crippen LogP contribution >= 0.6 is 0 Å². The fourth-order valence-electron chi connectivity index (χ4n) is 1.35. The number of unbranched alkanes of at least 4 members (excludes halogenated alkanes) is 2. The Balaban J connectivity index is 3.76. The molecule has 0 aromatic rings. The van der Waals surface area contributed by atoms with Crippen LogP contribution in [-0.2, 0) is 4.74 Å². The Kier molecular flexibility index (Phi) is 8.51. The molecule has 0 radical (unpaired) electrons. The highest BCUT2D eigenvalue weighted by Gasteiger charge is 2.41. The molecule has 6 heteroatoms. The van der Waals surface area contributed by atoms with Crippen molar-refractivity contribution in [2.45, 2.75) is 51.0 Å². The third kappa shape index (κ3) is 7.54. The van der Waals surface area contributed by atoms with Gasteiger partial charge in [0.15, 0.2) is 0 Å². The predicted octanol–water partition coefficient (Wildman–Crippen LogP) is 3.07. The zero-order valence-corrected chi connectivity index (χ0v) is 10.3. The number of nitrogens with one attached hydrogen (secondary N) is 1. The van der Waals surface area contributed by atoms with Crippen molar-refractivity contribution in [1.82, 2.24) is 5.32 Å². The molecule has 0 aromatic heterocycles. The van der Waals surface area contributed by atoms with Gasteiger partial charge in [0.1, 0.15) is 6.61 Å². The first-order chi connectivity index (χ1) is 7.94. The summed E-state index contributed by atoms with van der Waals surface area (Å²) in [6, 6.07) is -0.0602. The molecule has 1 atom stereocenters. The maximum atomic E-state index is 12.5. The summed E-state index contributed by atoms with van der Waals surface area (Å²) in [7, 11) is 1.70. The molecule has 17 heavy (non-hydrogen) atoms. The van der Waals surface area contributed by atoms with Gasteiger partial charge < -0.3 is 10.1 Å². The van der Waals surface area contributed by atoms with E-state index in [0.29, 0.717) is 0 Å². The summed E-state index contributed by atoms with van der Waals surface area (Å²) in [6.07, 6.45) is 0.225. The zero-order valence-electron chi connectivity index (χ0n) is 10.3. The second kappa shape index (κ2) is 8.69. The lowest BCUT2D eigenvalue weighted by Crippen LogP contribution is -2.36. The van der Waals surface area contributed by atoms with Gasteiger partial charge in [-0.3, -0.25) is 0 Å². The van der Waals surface area contributed by atoms with Crippen molar-refractivity contribution >= 4 is 0 Å². The van der Waals surface area contributed by atoms with E-state index in [1.807, 2.05) is 0 Å². The van der Waals surface area contributed by atoms with Crippen LogP contribution in [0.1, 0.15) is 32.6 Å². The third-order valence-electron chi connectivity index (χ3n) is 2.50. The Hall–Kier alpha value is -0.360. The molecule has 0 bridgehead atoms. The number of likely N-dealkylation sites (N-methyl/N-ethyl adjacent to an activating group) is 1. The lowest BCUT2D eigenvalue weighted by Gasteiger charge is -2.19. The van der Waals surface area contributed by atoms with Crippen LogP contribution in [-0.4, -0.2) is 38.7 Å². The topological polar surface area (TPSA) is 21.3 Å². The monoisotopic (exact) mass is 259 g/mol. The van der Waals surface area contributed by atoms with Crippen LogP contribution in [0.5, 0.6) is 0 Å². The zero-order chi connectivity index (χ0) is 13.3. The van der Waals surface area contributed by atoms with Gasteiger partial charge in [-0.05, 0) is 13.5 Å². The Labute approximate surface area is 99.7 Å². The minimum Gasteiger partial charge on any atom is -0.373 e. The summed E-state index contributed by atoms with van der Waals surface area (Å²) in [5.41, 5.74) is 0. The molecule has 104 valence electrons. The SMILES string of the molecule is CCCCCC(COCC(F)(F)C(F)F)NC. The van der Waals surface area contributed by atoms with Crippen LogP contribution in [0.25, 0.3) is 0 Å². The molecular weight excluding hydrogens is 238 g/mol. The van der Waals surface area contributed by atoms with E-state index in [0.717, 1.165) is 25.7 Å². The van der Waals surface area contributed by atoms with E-state index >= 15 is 0 Å². The van der Waals surface area contributed by atoms with Gasteiger partial charge in [0.2, 0.25) is 0 Å². The highest BCUT2D eigenvalue weighted by atomic mass is 19.3. The quantitative estimate of drug-likeness (QED) is 0.481. The average molecular weight is 259 g/mol. The van der Waals surface area contributed by atoms with Gasteiger partial charge in [-0.25, -0.2) is 8.78 Å². The number of halogens is 4. The minimum absolute atomic E-state index is 0.0303. The van der Waals surface area contributed by atoms with Crippen molar-refractivity contribution in [2.75, 3.05) is 20.3 Å². The molecular formula is C11H21F4NO. The van der Waals surface area contributed by atoms with Gasteiger partial charge in [-0.2, -0.15) is 8.78 Å². The third-order valence-corrected chi connectivity index (χ3v) is 2.50. The number of alkyl halides is 4. The highest BCUT2D eigenvalue weighted by Crippen LogP contribution is 2.22. The molecule has 0 heterocycles. The van der Waals surface area contributed by atoms with Crippen molar-refractivity contribution in [3.8, 4) is 0 Å². The van der Waals surface area contributed by atoms with E-state index in [4.69, 9.17) is 0 Å². The van der Waals surface area contributed by atoms with Crippen LogP contribution in [0.4, 0.5) is 17.6 Å². The molecule has 1 N–H and O–H groups in total. The normalized spacial score (nSPS) is 14.3. The second-order valence-corrected chi connectivity index (χ2v) is 4.06. The Bertz CT molecular complexity index is 190. The molecule has 0 aliphatic heterocycles. The molecule has 0 saturated carbocycles. The molecule has 0 amide bonds. The van der Waals surface area contributed by atoms with Crippen molar-refractivity contribution in [3.05, 3.63) is 0 Å². The van der Waals surface area contributed by atoms with Crippen LogP contribution in [0.15, 0.2) is 0 Å². The molecule has 0 aromatic carbocycles. The minimum atomic E-state index is -4.05. The first kappa shape index (κ1) is 16.6. The first-order valence-corrected chi connectivity index (χ1v) is 5.85. The first-order valence-electron chi connectivity index (χ1n) is 5.85. The van der Waals surface area contributed by atoms with Crippen LogP contribution in [0.3, 0.4) is 0 Å². The molecule has 0 saturated heterocycles. The Morgan fingerprint density at radius 1 is 1.24 bits per heavy atom. The lowest BCUT2D eigenvalue weighted by molar-refractivity contribution is -0.167. The molecule has 0 aliphatic rings. The molecule has 0 aliphatic carbocycles. The predicted molar refractivity (Wildman–Crippen MR) is 58.8 cm³/mol. The standard InChI is InChI=1S/C11H21F4NO/c1-3-4-5-6-9(16-2)7-17-8-11(14,15)10(12)13/h9-10,16H,3-8H2,1-2H3. The largest absolute Gasteiger partial charge is 0.373 e. The van der Waals surface area contributed by atoms with Gasteiger partial charge in [0, 0.05) is 6.04 Å². The Morgan fingerprint density at radius 3 is 2.35 bits per heavy atom. The van der Waals surface area contributed by atoms with Crippen LogP contribution < -0.4 is 5.32 Å². The highest BCUT2D eigenvalue weighted by molar-refractivity contribution is 4.69. The fourth-order valence-corrected chi connectivity index (χ4v) is 1.35. The smallest absolute Gasteiger partial charge is 0.330 e. The van der Waals surface area contributed by atoms with E-state index in [1.165, 1.54) is 0 Å². The van der Waals surface area contributed by atoms with Crippen molar-refractivity contribution < 1.29 is 22.3 Å². The number of ether oxygens (including phenoxy) is 1. The van der Waals surface area contributed by atoms with E-state index in [-0.39, 0.29) is 12.6 Å². The van der Waals surface area contributed by atoms with Gasteiger partial charge >= 0.3 is 12.3 Å². The van der Waals surface area contributed by atoms with E-state index < -0.39 is 19.0 Å². The summed E-state index contributed by atoms with van der Waals surface area (Å²) in [5, 5.41) is 2.92. The maximum absolute atomic E-state index is 12.5. The number of hydrogen-bond donors (Lipinski definition) is 1. The van der Waals surface area contributed by atoms with Crippen molar-refractivity contribution in [3.63, 3.8) is 0 Å². The summed E-state index contributed by atoms with van der Waals surface area (Å²) in [5.74, 6) is -4.05. The molecule has 0 rings (SSSR count). The fraction of sp³-hybridized carbons (Fsp3) is 1.00. The van der Waals surface area contributed by atoms with Gasteiger partial charge in [0.25, 0.3) is 0 Å². The summed E-state index contributed by atoms with van der Waals surface area (Å²) >= 11 is 0. The summed E-state index contributed by atoms with van der Waals surface area (Å²) < 4.78 is 53.3. The summed E-state index contributed by atoms with van der Waals surface area (Å²) in [6.45, 7) is 0.868. The van der Waals surface area contributed by atoms with Gasteiger partial charge in [-0.1, -0.05) is 26.2 Å². The van der Waals surface area contributed by atoms with E-state index in [2.05, 4.69) is 17.0 Å². The summed E-state index contributed by atoms with van der Waals surface area (Å²) in [4.78, 5) is 0. The molecule has 0 spiro atoms. The van der Waals surface area contributed by atoms with Gasteiger partial charge in [0.05, 0.1) is 6.61 Å². The number of hydrogen-bond acceptors (Lipinski definition) is 2. The maximum Gasteiger partial charge on any atom is 0.330 e. The van der Waals surface area contributed by atoms with E-state index in [1.54, 1.807) is 7.05 Å². The van der Waals surface area contributed by atoms with E-state index in [9.17, 15) is 17.6 Å². The van der Waals surface area contributed by atoms with Crippen molar-refractivity contribution in [2.24, 2.45) is 0 Å². The van der Waals surface area contributed by atoms with Gasteiger partial charge in [-0.15, -0.1) is 0 Å². The molecule has 2 nitrogen and oxygen atoms in total.